The van der Waals surface area contributed by atoms with Crippen LogP contribution >= 0.6 is 0 Å². The van der Waals surface area contributed by atoms with Crippen molar-refractivity contribution in [3.63, 3.8) is 0 Å². The minimum Gasteiger partial charge on any atom is -0.262 e. The third kappa shape index (κ3) is 3.49. The Bertz CT molecular complexity index is 2590. The van der Waals surface area contributed by atoms with E-state index in [1.807, 2.05) is 69.9 Å². The Kier molecular flexibility index (Phi) is 5.12. The van der Waals surface area contributed by atoms with Crippen molar-refractivity contribution in [2.45, 2.75) is 0 Å². The number of para-hydroxylation sites is 2. The molecular formula is C38H22N8. The lowest BCUT2D eigenvalue weighted by Crippen LogP contribution is -2.11. The molecule has 4 aromatic carbocycles. The molecule has 6 aromatic heterocycles. The van der Waals surface area contributed by atoms with Crippen molar-refractivity contribution in [2.24, 2.45) is 0 Å². The predicted octanol–water partition coefficient (Wildman–Crippen LogP) is 8.22. The predicted molar refractivity (Wildman–Crippen MR) is 182 cm³/mol. The van der Waals surface area contributed by atoms with Crippen molar-refractivity contribution in [1.82, 2.24) is 39.0 Å². The Balaban J connectivity index is 1.37. The average Bonchev–Trinajstić information content (AvgIpc) is 3.64. The van der Waals surface area contributed by atoms with Crippen LogP contribution in [0.3, 0.4) is 0 Å². The minimum absolute atomic E-state index is 0.469. The summed E-state index contributed by atoms with van der Waals surface area (Å²) in [6.45, 7) is 0. The van der Waals surface area contributed by atoms with Crippen molar-refractivity contribution >= 4 is 65.5 Å². The van der Waals surface area contributed by atoms with Gasteiger partial charge in [0.15, 0.2) is 5.82 Å². The average molecular weight is 591 g/mol. The first kappa shape index (κ1) is 24.9. The lowest BCUT2D eigenvalue weighted by atomic mass is 10.0. The van der Waals surface area contributed by atoms with Gasteiger partial charge in [0.25, 0.3) is 0 Å². The molecule has 0 spiro atoms. The fraction of sp³-hybridized carbons (Fsp3) is 0. The van der Waals surface area contributed by atoms with E-state index in [9.17, 15) is 0 Å². The molecule has 6 heterocycles. The van der Waals surface area contributed by atoms with E-state index >= 15 is 0 Å². The van der Waals surface area contributed by atoms with Crippen LogP contribution in [-0.4, -0.2) is 39.0 Å². The van der Waals surface area contributed by atoms with Gasteiger partial charge in [0.1, 0.15) is 11.3 Å². The highest BCUT2D eigenvalue weighted by molar-refractivity contribution is 6.12. The maximum absolute atomic E-state index is 5.21. The van der Waals surface area contributed by atoms with Crippen LogP contribution in [0, 0.1) is 0 Å². The molecule has 8 nitrogen and oxygen atoms in total. The second-order valence-corrected chi connectivity index (χ2v) is 11.3. The van der Waals surface area contributed by atoms with Gasteiger partial charge in [-0.05, 0) is 53.9 Å². The summed E-state index contributed by atoms with van der Waals surface area (Å²) in [6, 6.07) is 39.1. The third-order valence-electron chi connectivity index (χ3n) is 8.73. The van der Waals surface area contributed by atoms with E-state index in [0.29, 0.717) is 17.7 Å². The molecule has 214 valence electrons. The van der Waals surface area contributed by atoms with Gasteiger partial charge in [-0.1, -0.05) is 66.7 Å². The zero-order valence-electron chi connectivity index (χ0n) is 24.3. The maximum Gasteiger partial charge on any atom is 0.241 e. The van der Waals surface area contributed by atoms with Gasteiger partial charge in [0.05, 0.1) is 16.6 Å². The summed E-state index contributed by atoms with van der Waals surface area (Å²) in [4.78, 5) is 30.0. The number of aromatic nitrogens is 8. The molecule has 0 aliphatic heterocycles. The molecule has 0 aliphatic rings. The molecule has 0 saturated heterocycles. The highest BCUT2D eigenvalue weighted by Gasteiger charge is 2.22. The number of pyridine rings is 3. The van der Waals surface area contributed by atoms with Crippen LogP contribution < -0.4 is 0 Å². The number of nitrogens with zero attached hydrogens (tertiary/aromatic N) is 8. The molecule has 0 radical (unpaired) electrons. The molecule has 0 aliphatic carbocycles. The summed E-state index contributed by atoms with van der Waals surface area (Å²) in [5.74, 6) is 1.47. The van der Waals surface area contributed by atoms with Crippen molar-refractivity contribution in [3.05, 3.63) is 134 Å². The summed E-state index contributed by atoms with van der Waals surface area (Å²) in [6.07, 6.45) is 5.44. The van der Waals surface area contributed by atoms with E-state index < -0.39 is 0 Å². The van der Waals surface area contributed by atoms with Crippen LogP contribution in [0.15, 0.2) is 134 Å². The Morgan fingerprint density at radius 2 is 0.913 bits per heavy atom. The van der Waals surface area contributed by atoms with Crippen molar-refractivity contribution in [3.8, 4) is 23.3 Å². The van der Waals surface area contributed by atoms with Gasteiger partial charge in [0.2, 0.25) is 11.9 Å². The summed E-state index contributed by atoms with van der Waals surface area (Å²) >= 11 is 0. The standard InChI is InChI=1S/C38H22N8/c1-2-11-24-23(10-1)22-30(27-14-7-19-39-33(24)27)34-42-37(45-31-17-5-3-12-25(31)28-15-8-20-40-35(28)45)44-38(43-34)46-32-18-6-4-13-26(32)29-16-9-21-41-36(29)46/h1-22H. The second-order valence-electron chi connectivity index (χ2n) is 11.3. The van der Waals surface area contributed by atoms with Gasteiger partial charge in [-0.25, -0.2) is 9.97 Å². The van der Waals surface area contributed by atoms with Crippen LogP contribution in [0.4, 0.5) is 0 Å². The maximum atomic E-state index is 5.21. The molecule has 0 amide bonds. The first-order valence-corrected chi connectivity index (χ1v) is 15.1. The van der Waals surface area contributed by atoms with E-state index in [4.69, 9.17) is 29.9 Å². The number of hydrogen-bond donors (Lipinski definition) is 0. The van der Waals surface area contributed by atoms with Crippen LogP contribution in [0.5, 0.6) is 0 Å². The van der Waals surface area contributed by atoms with Crippen LogP contribution in [0.2, 0.25) is 0 Å². The van der Waals surface area contributed by atoms with Crippen molar-refractivity contribution < 1.29 is 0 Å². The Labute approximate surface area is 261 Å². The zero-order chi connectivity index (χ0) is 30.2. The van der Waals surface area contributed by atoms with Gasteiger partial charge in [-0.15, -0.1) is 0 Å². The third-order valence-corrected chi connectivity index (χ3v) is 8.73. The topological polar surface area (TPSA) is 87.2 Å². The fourth-order valence-corrected chi connectivity index (χ4v) is 6.77. The quantitative estimate of drug-likeness (QED) is 0.193. The first-order chi connectivity index (χ1) is 22.8. The second kappa shape index (κ2) is 9.48. The van der Waals surface area contributed by atoms with Gasteiger partial charge in [-0.3, -0.25) is 14.1 Å². The van der Waals surface area contributed by atoms with Gasteiger partial charge in [0, 0.05) is 56.5 Å². The van der Waals surface area contributed by atoms with E-state index in [-0.39, 0.29) is 0 Å². The lowest BCUT2D eigenvalue weighted by molar-refractivity contribution is 0.884. The smallest absolute Gasteiger partial charge is 0.241 e. The van der Waals surface area contributed by atoms with Crippen LogP contribution in [0.25, 0.3) is 88.8 Å². The number of benzene rings is 4. The van der Waals surface area contributed by atoms with E-state index in [1.165, 1.54) is 0 Å². The Morgan fingerprint density at radius 1 is 0.413 bits per heavy atom. The van der Waals surface area contributed by atoms with Crippen molar-refractivity contribution in [2.75, 3.05) is 0 Å². The van der Waals surface area contributed by atoms with Gasteiger partial charge in [-0.2, -0.15) is 15.0 Å². The first-order valence-electron chi connectivity index (χ1n) is 15.1. The Hall–Kier alpha value is -6.54. The van der Waals surface area contributed by atoms with E-state index in [0.717, 1.165) is 71.1 Å². The summed E-state index contributed by atoms with van der Waals surface area (Å²) in [5, 5.41) is 7.31. The largest absolute Gasteiger partial charge is 0.262 e. The molecule has 10 rings (SSSR count). The van der Waals surface area contributed by atoms with E-state index in [1.54, 1.807) is 12.4 Å². The van der Waals surface area contributed by atoms with Crippen molar-refractivity contribution in [1.29, 1.82) is 0 Å². The number of rotatable bonds is 3. The molecule has 0 unspecified atom stereocenters. The Morgan fingerprint density at radius 3 is 1.54 bits per heavy atom. The molecule has 10 aromatic rings. The normalized spacial score (nSPS) is 11.9. The molecule has 8 heteroatoms. The number of fused-ring (bicyclic) bond motifs is 9. The fourth-order valence-electron chi connectivity index (χ4n) is 6.77. The lowest BCUT2D eigenvalue weighted by Gasteiger charge is -2.13. The monoisotopic (exact) mass is 590 g/mol. The molecule has 0 N–H and O–H groups in total. The summed E-state index contributed by atoms with van der Waals surface area (Å²) in [5.41, 5.74) is 5.24. The SMILES string of the molecule is c1ccc2c(c1)cc(-c1nc(-n3c4ccccc4c4cccnc43)nc(-n3c4ccccc4c4cccnc43)n1)c1cccnc12. The highest BCUT2D eigenvalue weighted by atomic mass is 15.3. The highest BCUT2D eigenvalue weighted by Crippen LogP contribution is 2.36. The molecule has 0 saturated carbocycles. The minimum atomic E-state index is 0.469. The van der Waals surface area contributed by atoms with Gasteiger partial charge < -0.3 is 0 Å². The summed E-state index contributed by atoms with van der Waals surface area (Å²) in [7, 11) is 0. The zero-order valence-corrected chi connectivity index (χ0v) is 24.3. The number of hydrogen-bond acceptors (Lipinski definition) is 6. The molecule has 0 bridgehead atoms. The van der Waals surface area contributed by atoms with Crippen LogP contribution in [-0.2, 0) is 0 Å². The van der Waals surface area contributed by atoms with Crippen LogP contribution in [0.1, 0.15) is 0 Å². The molecule has 0 fully saturated rings. The summed E-state index contributed by atoms with van der Waals surface area (Å²) < 4.78 is 4.06. The van der Waals surface area contributed by atoms with E-state index in [2.05, 4.69) is 60.7 Å². The van der Waals surface area contributed by atoms with Gasteiger partial charge >= 0.3 is 0 Å². The molecular weight excluding hydrogens is 568 g/mol. The molecule has 0 atom stereocenters. The molecule has 46 heavy (non-hydrogen) atoms.